The fourth-order valence-electron chi connectivity index (χ4n) is 2.86. The standard InChI is InChI=1S/C19H14N2O3/c1-11-7-15-14(8-13(11)16-9-20-10-24-16)18(22)19(23)17(21-15)12-5-3-2-4-6-12/h2-10,23H,1H3,(H,21,22). The number of hydrogen-bond acceptors (Lipinski definition) is 4. The largest absolute Gasteiger partial charge is 0.503 e. The van der Waals surface area contributed by atoms with E-state index in [4.69, 9.17) is 4.42 Å². The number of aromatic amines is 1. The highest BCUT2D eigenvalue weighted by atomic mass is 16.3. The second-order valence-corrected chi connectivity index (χ2v) is 5.62. The average molecular weight is 318 g/mol. The lowest BCUT2D eigenvalue weighted by Gasteiger charge is -2.10. The van der Waals surface area contributed by atoms with Gasteiger partial charge in [-0.1, -0.05) is 30.3 Å². The first-order valence-electron chi connectivity index (χ1n) is 7.49. The lowest BCUT2D eigenvalue weighted by Crippen LogP contribution is -2.05. The van der Waals surface area contributed by atoms with Crippen LogP contribution in [0.3, 0.4) is 0 Å². The maximum atomic E-state index is 12.6. The Kier molecular flexibility index (Phi) is 3.20. The van der Waals surface area contributed by atoms with Crippen molar-refractivity contribution in [3.63, 3.8) is 0 Å². The number of H-pyrrole nitrogens is 1. The molecular weight excluding hydrogens is 304 g/mol. The van der Waals surface area contributed by atoms with E-state index in [1.54, 1.807) is 12.3 Å². The summed E-state index contributed by atoms with van der Waals surface area (Å²) in [6.45, 7) is 1.94. The zero-order valence-electron chi connectivity index (χ0n) is 12.9. The van der Waals surface area contributed by atoms with Crippen LogP contribution in [-0.4, -0.2) is 15.1 Å². The Balaban J connectivity index is 2.01. The summed E-state index contributed by atoms with van der Waals surface area (Å²) in [6.07, 6.45) is 2.94. The molecule has 2 N–H and O–H groups in total. The van der Waals surface area contributed by atoms with Crippen molar-refractivity contribution in [2.75, 3.05) is 0 Å². The van der Waals surface area contributed by atoms with E-state index in [-0.39, 0.29) is 5.75 Å². The van der Waals surface area contributed by atoms with E-state index in [9.17, 15) is 9.90 Å². The summed E-state index contributed by atoms with van der Waals surface area (Å²) >= 11 is 0. The van der Waals surface area contributed by atoms with E-state index in [2.05, 4.69) is 9.97 Å². The molecule has 0 saturated heterocycles. The molecule has 0 fully saturated rings. The second kappa shape index (κ2) is 5.38. The number of benzene rings is 2. The number of hydrogen-bond donors (Lipinski definition) is 2. The number of aromatic hydroxyl groups is 1. The minimum atomic E-state index is -0.414. The Hall–Kier alpha value is -3.34. The van der Waals surface area contributed by atoms with Crippen LogP contribution in [0, 0.1) is 6.92 Å². The number of aromatic nitrogens is 2. The monoisotopic (exact) mass is 318 g/mol. The van der Waals surface area contributed by atoms with Gasteiger partial charge in [0, 0.05) is 11.1 Å². The molecule has 2 aromatic heterocycles. The molecule has 4 rings (SSSR count). The van der Waals surface area contributed by atoms with Crippen molar-refractivity contribution in [2.24, 2.45) is 0 Å². The summed E-state index contributed by atoms with van der Waals surface area (Å²) in [5.41, 5.74) is 3.14. The molecule has 0 atom stereocenters. The molecule has 0 unspecified atom stereocenters. The van der Waals surface area contributed by atoms with Crippen molar-refractivity contribution < 1.29 is 9.52 Å². The highest BCUT2D eigenvalue weighted by Gasteiger charge is 2.15. The Morgan fingerprint density at radius 1 is 1.17 bits per heavy atom. The first-order chi connectivity index (χ1) is 11.6. The van der Waals surface area contributed by atoms with Gasteiger partial charge in [-0.2, -0.15) is 0 Å². The van der Waals surface area contributed by atoms with Crippen molar-refractivity contribution in [1.82, 2.24) is 9.97 Å². The molecule has 5 heteroatoms. The van der Waals surface area contributed by atoms with Crippen LogP contribution in [-0.2, 0) is 0 Å². The van der Waals surface area contributed by atoms with Gasteiger partial charge in [0.15, 0.2) is 17.9 Å². The molecule has 2 aromatic carbocycles. The Labute approximate surface area is 137 Å². The van der Waals surface area contributed by atoms with Crippen LogP contribution in [0.4, 0.5) is 0 Å². The van der Waals surface area contributed by atoms with Gasteiger partial charge < -0.3 is 14.5 Å². The lowest BCUT2D eigenvalue weighted by atomic mass is 10.0. The molecule has 118 valence electrons. The molecule has 5 nitrogen and oxygen atoms in total. The maximum absolute atomic E-state index is 12.6. The van der Waals surface area contributed by atoms with E-state index in [1.165, 1.54) is 6.39 Å². The van der Waals surface area contributed by atoms with Crippen molar-refractivity contribution in [1.29, 1.82) is 0 Å². The molecule has 0 aliphatic carbocycles. The highest BCUT2D eigenvalue weighted by molar-refractivity contribution is 5.89. The van der Waals surface area contributed by atoms with Crippen molar-refractivity contribution in [3.05, 3.63) is 70.8 Å². The molecular formula is C19H14N2O3. The van der Waals surface area contributed by atoms with Gasteiger partial charge in [0.1, 0.15) is 0 Å². The fourth-order valence-corrected chi connectivity index (χ4v) is 2.86. The van der Waals surface area contributed by atoms with Crippen LogP contribution in [0.15, 0.2) is 64.3 Å². The fraction of sp³-hybridized carbons (Fsp3) is 0.0526. The van der Waals surface area contributed by atoms with Gasteiger partial charge >= 0.3 is 0 Å². The number of rotatable bonds is 2. The SMILES string of the molecule is Cc1cc2[nH]c(-c3ccccc3)c(O)c(=O)c2cc1-c1cnco1. The number of oxazole rings is 1. The van der Waals surface area contributed by atoms with E-state index < -0.39 is 5.43 Å². The zero-order valence-corrected chi connectivity index (χ0v) is 12.9. The number of pyridine rings is 1. The molecule has 0 amide bonds. The molecule has 0 aliphatic heterocycles. The minimum absolute atomic E-state index is 0.291. The quantitative estimate of drug-likeness (QED) is 0.588. The molecule has 0 radical (unpaired) electrons. The van der Waals surface area contributed by atoms with E-state index in [1.807, 2.05) is 43.3 Å². The third-order valence-electron chi connectivity index (χ3n) is 4.08. The first kappa shape index (κ1) is 14.3. The molecule has 0 aliphatic rings. The van der Waals surface area contributed by atoms with Crippen LogP contribution >= 0.6 is 0 Å². The van der Waals surface area contributed by atoms with Crippen molar-refractivity contribution >= 4 is 10.9 Å². The summed E-state index contributed by atoms with van der Waals surface area (Å²) in [4.78, 5) is 19.7. The van der Waals surface area contributed by atoms with E-state index >= 15 is 0 Å². The van der Waals surface area contributed by atoms with Gasteiger partial charge in [-0.3, -0.25) is 4.79 Å². The molecule has 4 aromatic rings. The van der Waals surface area contributed by atoms with Crippen LogP contribution in [0.25, 0.3) is 33.5 Å². The smallest absolute Gasteiger partial charge is 0.231 e. The number of nitrogens with one attached hydrogen (secondary N) is 1. The molecule has 0 saturated carbocycles. The number of nitrogens with zero attached hydrogens (tertiary/aromatic N) is 1. The third-order valence-corrected chi connectivity index (χ3v) is 4.08. The zero-order chi connectivity index (χ0) is 16.7. The summed E-state index contributed by atoms with van der Waals surface area (Å²) in [6, 6.07) is 12.9. The molecule has 0 spiro atoms. The van der Waals surface area contributed by atoms with Gasteiger partial charge in [-0.25, -0.2) is 4.98 Å². The van der Waals surface area contributed by atoms with Crippen molar-refractivity contribution in [2.45, 2.75) is 6.92 Å². The molecule has 24 heavy (non-hydrogen) atoms. The van der Waals surface area contributed by atoms with Crippen molar-refractivity contribution in [3.8, 4) is 28.3 Å². The number of fused-ring (bicyclic) bond motifs is 1. The van der Waals surface area contributed by atoms with Gasteiger partial charge in [0.25, 0.3) is 0 Å². The summed E-state index contributed by atoms with van der Waals surface area (Å²) in [5.74, 6) is 0.293. The lowest BCUT2D eigenvalue weighted by molar-refractivity contribution is 0.471. The topological polar surface area (TPSA) is 79.1 Å². The number of aryl methyl sites for hydroxylation is 1. The highest BCUT2D eigenvalue weighted by Crippen LogP contribution is 2.30. The van der Waals surface area contributed by atoms with Gasteiger partial charge in [-0.15, -0.1) is 0 Å². The molecule has 2 heterocycles. The predicted molar refractivity (Wildman–Crippen MR) is 91.9 cm³/mol. The van der Waals surface area contributed by atoms with Crippen LogP contribution in [0.2, 0.25) is 0 Å². The predicted octanol–water partition coefficient (Wildman–Crippen LogP) is 3.86. The third kappa shape index (κ3) is 2.18. The normalized spacial score (nSPS) is 11.0. The maximum Gasteiger partial charge on any atom is 0.231 e. The Morgan fingerprint density at radius 2 is 1.96 bits per heavy atom. The first-order valence-corrected chi connectivity index (χ1v) is 7.49. The van der Waals surface area contributed by atoms with Gasteiger partial charge in [-0.05, 0) is 24.6 Å². The second-order valence-electron chi connectivity index (χ2n) is 5.62. The van der Waals surface area contributed by atoms with Crippen LogP contribution < -0.4 is 5.43 Å². The Bertz CT molecular complexity index is 1080. The molecule has 0 bridgehead atoms. The summed E-state index contributed by atoms with van der Waals surface area (Å²) < 4.78 is 5.33. The van der Waals surface area contributed by atoms with Crippen LogP contribution in [0.1, 0.15) is 5.56 Å². The van der Waals surface area contributed by atoms with E-state index in [0.29, 0.717) is 22.4 Å². The van der Waals surface area contributed by atoms with Gasteiger partial charge in [0.05, 0.1) is 22.8 Å². The van der Waals surface area contributed by atoms with Crippen LogP contribution in [0.5, 0.6) is 5.75 Å². The summed E-state index contributed by atoms with van der Waals surface area (Å²) in [7, 11) is 0. The minimum Gasteiger partial charge on any atom is -0.503 e. The Morgan fingerprint density at radius 3 is 2.67 bits per heavy atom. The summed E-state index contributed by atoms with van der Waals surface area (Å²) in [5, 5.41) is 10.8. The average Bonchev–Trinajstić information content (AvgIpc) is 3.13. The van der Waals surface area contributed by atoms with E-state index in [0.717, 1.165) is 16.7 Å². The van der Waals surface area contributed by atoms with Gasteiger partial charge in [0.2, 0.25) is 5.43 Å².